The number of benzene rings is 1. The molecule has 2 saturated carbocycles. The van der Waals surface area contributed by atoms with Gasteiger partial charge in [0, 0.05) is 26.2 Å². The molecule has 1 heterocycles. The van der Waals surface area contributed by atoms with Crippen LogP contribution in [0, 0.1) is 22.7 Å². The summed E-state index contributed by atoms with van der Waals surface area (Å²) in [5.41, 5.74) is 1.46. The molecule has 2 bridgehead atoms. The molecule has 5 heteroatoms. The van der Waals surface area contributed by atoms with Crippen molar-refractivity contribution in [2.45, 2.75) is 58.6 Å². The summed E-state index contributed by atoms with van der Waals surface area (Å²) in [5, 5.41) is 3.43. The van der Waals surface area contributed by atoms with Crippen LogP contribution in [-0.4, -0.2) is 38.9 Å². The highest BCUT2D eigenvalue weighted by Crippen LogP contribution is 2.70. The molecule has 2 aliphatic carbocycles. The number of hydrogen-bond acceptors (Lipinski definition) is 4. The molecular formula is C24H35NO4. The first-order valence-electron chi connectivity index (χ1n) is 11.0. The minimum Gasteiger partial charge on any atom is -0.494 e. The second-order valence-electron chi connectivity index (χ2n) is 9.58. The molecule has 1 N–H and O–H groups in total. The zero-order chi connectivity index (χ0) is 20.6. The minimum atomic E-state index is 0.0962. The minimum absolute atomic E-state index is 0.0962. The van der Waals surface area contributed by atoms with Gasteiger partial charge in [-0.15, -0.1) is 0 Å². The summed E-state index contributed by atoms with van der Waals surface area (Å²) in [5.74, 6) is 2.07. The molecule has 1 aromatic rings. The Hall–Kier alpha value is -1.59. The Morgan fingerprint density at radius 1 is 1.28 bits per heavy atom. The number of methoxy groups -OCH3 is 1. The van der Waals surface area contributed by atoms with E-state index in [1.165, 1.54) is 18.4 Å². The van der Waals surface area contributed by atoms with Crippen molar-refractivity contribution in [2.24, 2.45) is 22.7 Å². The van der Waals surface area contributed by atoms with Crippen LogP contribution in [0.1, 0.15) is 58.1 Å². The Bertz CT molecular complexity index is 731. The van der Waals surface area contributed by atoms with Crippen molar-refractivity contribution in [1.29, 1.82) is 0 Å². The summed E-state index contributed by atoms with van der Waals surface area (Å²) in [6, 6.07) is 8.59. The van der Waals surface area contributed by atoms with Gasteiger partial charge in [0.15, 0.2) is 0 Å². The Balaban J connectivity index is 1.58. The second kappa shape index (κ2) is 7.92. The molecule has 3 aliphatic rings. The summed E-state index contributed by atoms with van der Waals surface area (Å²) in [7, 11) is 1.64. The third-order valence-electron chi connectivity index (χ3n) is 7.86. The number of ether oxygens (including phenoxy) is 3. The lowest BCUT2D eigenvalue weighted by atomic mass is 9.59. The van der Waals surface area contributed by atoms with Crippen molar-refractivity contribution in [3.8, 4) is 5.75 Å². The number of fused-ring (bicyclic) bond motifs is 1. The summed E-state index contributed by atoms with van der Waals surface area (Å²) in [6.07, 6.45) is 3.92. The molecule has 0 unspecified atom stereocenters. The van der Waals surface area contributed by atoms with E-state index in [9.17, 15) is 4.79 Å². The normalized spacial score (nSPS) is 34.6. The van der Waals surface area contributed by atoms with Gasteiger partial charge in [-0.25, -0.2) is 0 Å². The first kappa shape index (κ1) is 20.7. The van der Waals surface area contributed by atoms with Crippen molar-refractivity contribution < 1.29 is 19.0 Å². The molecule has 1 aliphatic heterocycles. The molecular weight excluding hydrogens is 366 g/mol. The molecule has 0 aromatic heterocycles. The number of nitrogens with one attached hydrogen (secondary N) is 1. The van der Waals surface area contributed by atoms with Crippen LogP contribution in [0.5, 0.6) is 5.75 Å². The lowest BCUT2D eigenvalue weighted by Gasteiger charge is -2.53. The molecule has 1 aromatic carbocycles. The quantitative estimate of drug-likeness (QED) is 0.747. The van der Waals surface area contributed by atoms with Crippen LogP contribution < -0.4 is 10.1 Å². The first-order valence-corrected chi connectivity index (χ1v) is 11.0. The van der Waals surface area contributed by atoms with Crippen LogP contribution in [0.25, 0.3) is 0 Å². The fraction of sp³-hybridized carbons (Fsp3) is 0.708. The van der Waals surface area contributed by atoms with Gasteiger partial charge in [0.1, 0.15) is 5.75 Å². The fourth-order valence-corrected chi connectivity index (χ4v) is 6.47. The van der Waals surface area contributed by atoms with Gasteiger partial charge in [-0.1, -0.05) is 26.0 Å². The van der Waals surface area contributed by atoms with Gasteiger partial charge < -0.3 is 19.5 Å². The largest absolute Gasteiger partial charge is 0.494 e. The Morgan fingerprint density at radius 2 is 2.03 bits per heavy atom. The Morgan fingerprint density at radius 3 is 2.72 bits per heavy atom. The number of rotatable bonds is 7. The van der Waals surface area contributed by atoms with Crippen molar-refractivity contribution >= 4 is 5.91 Å². The maximum atomic E-state index is 12.6. The van der Waals surface area contributed by atoms with Crippen LogP contribution in [0.3, 0.4) is 0 Å². The highest BCUT2D eigenvalue weighted by atomic mass is 16.5. The van der Waals surface area contributed by atoms with Gasteiger partial charge in [-0.05, 0) is 66.5 Å². The number of amides is 1. The average Bonchev–Trinajstić information content (AvgIpc) is 3.20. The monoisotopic (exact) mass is 401 g/mol. The standard InChI is InChI=1S/C24H35NO4/c1-5-28-18-8-6-16(7-9-18)21-19-14-17-15-24(19,11-13-29-21)22(23(17,2)3)25-20(26)10-12-27-4/h6-9,17,19,21-22H,5,10-15H2,1-4H3,(H,25,26)/t17-,19-,21-,22+,24-/m1/s1. The maximum absolute atomic E-state index is 12.6. The molecule has 4 rings (SSSR count). The molecule has 1 saturated heterocycles. The molecule has 29 heavy (non-hydrogen) atoms. The van der Waals surface area contributed by atoms with Crippen LogP contribution in [0.15, 0.2) is 24.3 Å². The van der Waals surface area contributed by atoms with Crippen molar-refractivity contribution in [3.63, 3.8) is 0 Å². The first-order chi connectivity index (χ1) is 13.9. The second-order valence-corrected chi connectivity index (χ2v) is 9.58. The van der Waals surface area contributed by atoms with Gasteiger partial charge in [0.25, 0.3) is 0 Å². The van der Waals surface area contributed by atoms with E-state index in [-0.39, 0.29) is 28.9 Å². The van der Waals surface area contributed by atoms with Crippen molar-refractivity contribution in [3.05, 3.63) is 29.8 Å². The molecule has 1 spiro atoms. The summed E-state index contributed by atoms with van der Waals surface area (Å²) < 4.78 is 17.0. The highest BCUT2D eigenvalue weighted by Gasteiger charge is 2.68. The van der Waals surface area contributed by atoms with Crippen molar-refractivity contribution in [2.75, 3.05) is 26.9 Å². The third kappa shape index (κ3) is 3.46. The summed E-state index contributed by atoms with van der Waals surface area (Å²) >= 11 is 0. The molecule has 5 atom stereocenters. The third-order valence-corrected chi connectivity index (χ3v) is 7.86. The van der Waals surface area contributed by atoms with Gasteiger partial charge in [0.05, 0.1) is 19.3 Å². The molecule has 5 nitrogen and oxygen atoms in total. The van der Waals surface area contributed by atoms with Gasteiger partial charge in [-0.3, -0.25) is 4.79 Å². The van der Waals surface area contributed by atoms with Crippen LogP contribution in [0.4, 0.5) is 0 Å². The van der Waals surface area contributed by atoms with Gasteiger partial charge in [0.2, 0.25) is 5.91 Å². The van der Waals surface area contributed by atoms with Crippen LogP contribution in [-0.2, 0) is 14.3 Å². The van der Waals surface area contributed by atoms with E-state index < -0.39 is 0 Å². The number of hydrogen-bond donors (Lipinski definition) is 1. The zero-order valence-electron chi connectivity index (χ0n) is 18.2. The van der Waals surface area contributed by atoms with E-state index in [2.05, 4.69) is 31.3 Å². The molecule has 1 amide bonds. The fourth-order valence-electron chi connectivity index (χ4n) is 6.47. The summed E-state index contributed by atoms with van der Waals surface area (Å²) in [6.45, 7) is 8.57. The van der Waals surface area contributed by atoms with E-state index >= 15 is 0 Å². The van der Waals surface area contributed by atoms with E-state index in [1.54, 1.807) is 7.11 Å². The van der Waals surface area contributed by atoms with Gasteiger partial charge in [-0.2, -0.15) is 0 Å². The maximum Gasteiger partial charge on any atom is 0.222 e. The van der Waals surface area contributed by atoms with Crippen LogP contribution >= 0.6 is 0 Å². The zero-order valence-corrected chi connectivity index (χ0v) is 18.2. The van der Waals surface area contributed by atoms with E-state index in [4.69, 9.17) is 14.2 Å². The highest BCUT2D eigenvalue weighted by molar-refractivity contribution is 5.76. The van der Waals surface area contributed by atoms with E-state index in [0.29, 0.717) is 31.5 Å². The SMILES string of the molecule is CCOc1ccc([C@H]2OCC[C@@]34C[C@@H](C[C@H]23)C(C)(C)[C@@H]4NC(=O)CCOC)cc1. The average molecular weight is 402 g/mol. The topological polar surface area (TPSA) is 56.8 Å². The van der Waals surface area contributed by atoms with Crippen LogP contribution in [0.2, 0.25) is 0 Å². The predicted octanol–water partition coefficient (Wildman–Crippen LogP) is 4.12. The lowest BCUT2D eigenvalue weighted by Crippen LogP contribution is -2.59. The molecule has 160 valence electrons. The Labute approximate surface area is 174 Å². The lowest BCUT2D eigenvalue weighted by molar-refractivity contribution is -0.137. The molecule has 0 radical (unpaired) electrons. The predicted molar refractivity (Wildman–Crippen MR) is 112 cm³/mol. The number of carbonyl (C=O) groups excluding carboxylic acids is 1. The van der Waals surface area contributed by atoms with E-state index in [0.717, 1.165) is 18.8 Å². The summed E-state index contributed by atoms with van der Waals surface area (Å²) in [4.78, 5) is 12.6. The number of carbonyl (C=O) groups is 1. The van der Waals surface area contributed by atoms with Crippen molar-refractivity contribution in [1.82, 2.24) is 5.32 Å². The van der Waals surface area contributed by atoms with E-state index in [1.807, 2.05) is 19.1 Å². The van der Waals surface area contributed by atoms with Gasteiger partial charge >= 0.3 is 0 Å². The molecule has 3 fully saturated rings. The Kier molecular flexibility index (Phi) is 5.64. The smallest absolute Gasteiger partial charge is 0.222 e.